The van der Waals surface area contributed by atoms with Gasteiger partial charge in [0, 0.05) is 5.75 Å². The zero-order chi connectivity index (χ0) is 11.9. The average molecular weight is 244 g/mol. The fourth-order valence-corrected chi connectivity index (χ4v) is 3.16. The quantitative estimate of drug-likeness (QED) is 0.735. The molecule has 1 aliphatic carbocycles. The molecule has 2 fully saturated rings. The third-order valence-corrected chi connectivity index (χ3v) is 4.33. The lowest BCUT2D eigenvalue weighted by atomic mass is 9.95. The molecule has 0 radical (unpaired) electrons. The topological polar surface area (TPSA) is 83.6 Å². The molecule has 1 aliphatic heterocycles. The van der Waals surface area contributed by atoms with Crippen LogP contribution in [-0.2, 0) is 9.59 Å². The molecule has 16 heavy (non-hydrogen) atoms. The number of carboxylic acids is 1. The number of rotatable bonds is 3. The number of carbonyl (C=O) groups excluding carboxylic acids is 1. The van der Waals surface area contributed by atoms with E-state index in [-0.39, 0.29) is 11.8 Å². The second kappa shape index (κ2) is 3.92. The summed E-state index contributed by atoms with van der Waals surface area (Å²) in [4.78, 5) is 24.6. The van der Waals surface area contributed by atoms with Gasteiger partial charge < -0.3 is 15.7 Å². The average Bonchev–Trinajstić information content (AvgIpc) is 2.95. The van der Waals surface area contributed by atoms with Crippen molar-refractivity contribution in [1.82, 2.24) is 4.90 Å². The Morgan fingerprint density at radius 1 is 1.50 bits per heavy atom. The minimum absolute atomic E-state index is 0.215. The van der Waals surface area contributed by atoms with Gasteiger partial charge in [-0.25, -0.2) is 4.79 Å². The number of hydrogen-bond acceptors (Lipinski definition) is 4. The molecule has 1 saturated heterocycles. The Kier molecular flexibility index (Phi) is 2.88. The van der Waals surface area contributed by atoms with Crippen molar-refractivity contribution in [2.75, 3.05) is 11.6 Å². The van der Waals surface area contributed by atoms with Gasteiger partial charge in [0.05, 0.1) is 11.4 Å². The van der Waals surface area contributed by atoms with E-state index in [9.17, 15) is 9.59 Å². The summed E-state index contributed by atoms with van der Waals surface area (Å²) in [6.07, 6.45) is 1.94. The Labute approximate surface area is 98.4 Å². The molecular weight excluding hydrogens is 228 g/mol. The normalized spacial score (nSPS) is 28.9. The van der Waals surface area contributed by atoms with Crippen LogP contribution in [0.2, 0.25) is 0 Å². The van der Waals surface area contributed by atoms with Gasteiger partial charge in [-0.1, -0.05) is 0 Å². The second-order valence-electron chi connectivity index (χ2n) is 4.69. The predicted octanol–water partition coefficient (Wildman–Crippen LogP) is 0.0999. The third-order valence-electron chi connectivity index (χ3n) is 3.31. The number of carboxylic acid groups (broad SMARTS) is 1. The van der Waals surface area contributed by atoms with Crippen LogP contribution in [-0.4, -0.2) is 45.1 Å². The summed E-state index contributed by atoms with van der Waals surface area (Å²) in [5.41, 5.74) is 5.12. The number of thioether (sulfide) groups is 1. The second-order valence-corrected chi connectivity index (χ2v) is 5.69. The van der Waals surface area contributed by atoms with Crippen LogP contribution < -0.4 is 5.73 Å². The standard InChI is InChI=1S/C10H16N2O3S/c1-10(11,6-2-3-6)9(15)12-5-16-4-7(12)8(13)14/h6-7H,2-5,11H2,1H3,(H,13,14). The highest BCUT2D eigenvalue weighted by Gasteiger charge is 2.49. The van der Waals surface area contributed by atoms with Crippen LogP contribution in [0.25, 0.3) is 0 Å². The van der Waals surface area contributed by atoms with Crippen molar-refractivity contribution in [3.8, 4) is 0 Å². The van der Waals surface area contributed by atoms with Crippen molar-refractivity contribution in [3.63, 3.8) is 0 Å². The van der Waals surface area contributed by atoms with E-state index in [0.29, 0.717) is 11.6 Å². The lowest BCUT2D eigenvalue weighted by Crippen LogP contribution is -2.57. The van der Waals surface area contributed by atoms with E-state index in [1.807, 2.05) is 0 Å². The molecule has 6 heteroatoms. The fourth-order valence-electron chi connectivity index (χ4n) is 2.01. The third kappa shape index (κ3) is 1.91. The van der Waals surface area contributed by atoms with Crippen molar-refractivity contribution < 1.29 is 14.7 Å². The van der Waals surface area contributed by atoms with Crippen LogP contribution in [0.4, 0.5) is 0 Å². The molecule has 5 nitrogen and oxygen atoms in total. The first-order chi connectivity index (χ1) is 7.44. The monoisotopic (exact) mass is 244 g/mol. The number of amides is 1. The highest BCUT2D eigenvalue weighted by atomic mass is 32.2. The van der Waals surface area contributed by atoms with Crippen LogP contribution in [0.15, 0.2) is 0 Å². The van der Waals surface area contributed by atoms with Crippen molar-refractivity contribution >= 4 is 23.6 Å². The molecule has 0 aromatic rings. The summed E-state index contributed by atoms with van der Waals surface area (Å²) in [7, 11) is 0. The van der Waals surface area contributed by atoms with Crippen LogP contribution in [0, 0.1) is 5.92 Å². The zero-order valence-electron chi connectivity index (χ0n) is 9.18. The van der Waals surface area contributed by atoms with Crippen molar-refractivity contribution in [2.24, 2.45) is 11.7 Å². The number of nitrogens with zero attached hydrogens (tertiary/aromatic N) is 1. The number of aliphatic carboxylic acids is 1. The van der Waals surface area contributed by atoms with Gasteiger partial charge in [-0.15, -0.1) is 11.8 Å². The Hall–Kier alpha value is -0.750. The minimum atomic E-state index is -0.940. The van der Waals surface area contributed by atoms with E-state index < -0.39 is 17.6 Å². The summed E-state index contributed by atoms with van der Waals surface area (Å²) >= 11 is 1.46. The first-order valence-electron chi connectivity index (χ1n) is 5.35. The molecule has 0 bridgehead atoms. The van der Waals surface area contributed by atoms with E-state index in [2.05, 4.69) is 0 Å². The van der Waals surface area contributed by atoms with E-state index in [4.69, 9.17) is 10.8 Å². The summed E-state index contributed by atoms with van der Waals surface area (Å²) in [5.74, 6) is -0.0330. The van der Waals surface area contributed by atoms with Gasteiger partial charge in [-0.05, 0) is 25.7 Å². The number of hydrogen-bond donors (Lipinski definition) is 2. The molecule has 0 aromatic heterocycles. The lowest BCUT2D eigenvalue weighted by Gasteiger charge is -2.30. The van der Waals surface area contributed by atoms with Gasteiger partial charge in [-0.3, -0.25) is 4.79 Å². The smallest absolute Gasteiger partial charge is 0.327 e. The molecule has 0 aromatic carbocycles. The Morgan fingerprint density at radius 2 is 2.12 bits per heavy atom. The van der Waals surface area contributed by atoms with Gasteiger partial charge in [0.25, 0.3) is 0 Å². The van der Waals surface area contributed by atoms with E-state index in [1.54, 1.807) is 6.92 Å². The summed E-state index contributed by atoms with van der Waals surface area (Å²) in [5, 5.41) is 9.00. The molecule has 90 valence electrons. The van der Waals surface area contributed by atoms with Crippen LogP contribution in [0.3, 0.4) is 0 Å². The molecule has 2 rings (SSSR count). The largest absolute Gasteiger partial charge is 0.480 e. The highest BCUT2D eigenvalue weighted by Crippen LogP contribution is 2.40. The zero-order valence-corrected chi connectivity index (χ0v) is 10.00. The molecule has 0 spiro atoms. The van der Waals surface area contributed by atoms with Gasteiger partial charge in [-0.2, -0.15) is 0 Å². The van der Waals surface area contributed by atoms with Gasteiger partial charge in [0.2, 0.25) is 5.91 Å². The Bertz CT molecular complexity index is 328. The SMILES string of the molecule is CC(N)(C(=O)N1CSCC1C(=O)O)C1CC1. The number of nitrogens with two attached hydrogens (primary N) is 1. The van der Waals surface area contributed by atoms with Crippen molar-refractivity contribution in [2.45, 2.75) is 31.3 Å². The maximum atomic E-state index is 12.2. The van der Waals surface area contributed by atoms with Crippen molar-refractivity contribution in [1.29, 1.82) is 0 Å². The Morgan fingerprint density at radius 3 is 2.62 bits per heavy atom. The molecular formula is C10H16N2O3S. The summed E-state index contributed by atoms with van der Waals surface area (Å²) in [6, 6.07) is -0.709. The summed E-state index contributed by atoms with van der Waals surface area (Å²) < 4.78 is 0. The first kappa shape index (κ1) is 11.7. The summed E-state index contributed by atoms with van der Waals surface area (Å²) in [6.45, 7) is 1.72. The molecule has 3 N–H and O–H groups in total. The Balaban J connectivity index is 2.11. The number of carbonyl (C=O) groups is 2. The fraction of sp³-hybridized carbons (Fsp3) is 0.800. The molecule has 2 unspecified atom stereocenters. The van der Waals surface area contributed by atoms with Gasteiger partial charge >= 0.3 is 5.97 Å². The molecule has 1 heterocycles. The molecule has 2 aliphatic rings. The van der Waals surface area contributed by atoms with Crippen LogP contribution in [0.5, 0.6) is 0 Å². The maximum absolute atomic E-state index is 12.2. The molecule has 1 amide bonds. The molecule has 1 saturated carbocycles. The predicted molar refractivity (Wildman–Crippen MR) is 60.9 cm³/mol. The lowest BCUT2D eigenvalue weighted by molar-refractivity contribution is -0.150. The van der Waals surface area contributed by atoms with Gasteiger partial charge in [0.1, 0.15) is 6.04 Å². The van der Waals surface area contributed by atoms with E-state index >= 15 is 0 Å². The maximum Gasteiger partial charge on any atom is 0.327 e. The highest BCUT2D eigenvalue weighted by molar-refractivity contribution is 7.99. The minimum Gasteiger partial charge on any atom is -0.480 e. The van der Waals surface area contributed by atoms with Crippen LogP contribution in [0.1, 0.15) is 19.8 Å². The van der Waals surface area contributed by atoms with E-state index in [0.717, 1.165) is 12.8 Å². The van der Waals surface area contributed by atoms with Gasteiger partial charge in [0.15, 0.2) is 0 Å². The van der Waals surface area contributed by atoms with Crippen molar-refractivity contribution in [3.05, 3.63) is 0 Å². The van der Waals surface area contributed by atoms with Crippen LogP contribution >= 0.6 is 11.8 Å². The first-order valence-corrected chi connectivity index (χ1v) is 6.50. The van der Waals surface area contributed by atoms with E-state index in [1.165, 1.54) is 16.7 Å². The molecule has 2 atom stereocenters.